The fraction of sp³-hybridized carbons (Fsp3) is 0.391. The summed E-state index contributed by atoms with van der Waals surface area (Å²) >= 11 is 0. The Morgan fingerprint density at radius 1 is 0.938 bits per heavy atom. The second-order valence-electron chi connectivity index (χ2n) is 6.71. The summed E-state index contributed by atoms with van der Waals surface area (Å²) in [5, 5.41) is 28.2. The van der Waals surface area contributed by atoms with Crippen molar-refractivity contribution in [1.82, 2.24) is 5.32 Å². The van der Waals surface area contributed by atoms with Crippen LogP contribution in [-0.2, 0) is 9.59 Å². The largest absolute Gasteiger partial charge is 0.490 e. The van der Waals surface area contributed by atoms with Gasteiger partial charge in [-0.15, -0.1) is 0 Å². The monoisotopic (exact) mass is 451 g/mol. The number of ether oxygens (including phenoxy) is 2. The second-order valence-corrected chi connectivity index (χ2v) is 6.71. The number of nitrogens with one attached hydrogen (secondary N) is 1. The molecule has 0 bridgehead atoms. The van der Waals surface area contributed by atoms with Crippen LogP contribution in [0.3, 0.4) is 0 Å². The summed E-state index contributed by atoms with van der Waals surface area (Å²) in [4.78, 5) is 18.2. The topological polar surface area (TPSA) is 125 Å². The average molecular weight is 451 g/mol. The molecule has 2 rings (SSSR count). The van der Waals surface area contributed by atoms with Gasteiger partial charge in [0.1, 0.15) is 12.4 Å². The highest BCUT2D eigenvalue weighted by Crippen LogP contribution is 2.26. The first kappa shape index (κ1) is 26.9. The molecule has 0 saturated heterocycles. The van der Waals surface area contributed by atoms with Crippen LogP contribution in [0.1, 0.15) is 37.9 Å². The van der Waals surface area contributed by atoms with Crippen LogP contribution < -0.4 is 14.8 Å². The van der Waals surface area contributed by atoms with E-state index >= 15 is 0 Å². The lowest BCUT2D eigenvalue weighted by molar-refractivity contribution is -0.159. The Kier molecular flexibility index (Phi) is 13.1. The van der Waals surface area contributed by atoms with Gasteiger partial charge in [-0.2, -0.15) is 0 Å². The standard InChI is InChI=1S/C21H28FNO3.C2H2O4/c1-2-15-25-20-7-3-4-8-21(20)26-16-14-23-13-5-6-19(24)17-9-11-18(22)12-10-17;3-1(4)2(5)6/h3-4,7-12,19,23-24H,2,5-6,13-16H2,1H3;(H,3,4)(H,5,6). The van der Waals surface area contributed by atoms with Crippen molar-refractivity contribution in [3.05, 3.63) is 59.9 Å². The highest BCUT2D eigenvalue weighted by Gasteiger charge is 2.07. The first-order valence-electron chi connectivity index (χ1n) is 10.3. The van der Waals surface area contributed by atoms with E-state index in [1.807, 2.05) is 24.3 Å². The van der Waals surface area contributed by atoms with Gasteiger partial charge in [0.15, 0.2) is 11.5 Å². The molecule has 32 heavy (non-hydrogen) atoms. The minimum Gasteiger partial charge on any atom is -0.490 e. The number of para-hydroxylation sites is 2. The third kappa shape index (κ3) is 11.3. The Morgan fingerprint density at radius 2 is 1.50 bits per heavy atom. The molecule has 0 spiro atoms. The molecule has 0 saturated carbocycles. The Labute approximate surface area is 186 Å². The Hall–Kier alpha value is -3.17. The van der Waals surface area contributed by atoms with E-state index in [1.54, 1.807) is 12.1 Å². The van der Waals surface area contributed by atoms with E-state index in [-0.39, 0.29) is 5.82 Å². The molecular weight excluding hydrogens is 421 g/mol. The van der Waals surface area contributed by atoms with Crippen LogP contribution in [0.2, 0.25) is 0 Å². The molecule has 0 amide bonds. The summed E-state index contributed by atoms with van der Waals surface area (Å²) in [6, 6.07) is 13.7. The number of aliphatic hydroxyl groups is 1. The van der Waals surface area contributed by atoms with Crippen LogP contribution in [0, 0.1) is 5.82 Å². The average Bonchev–Trinajstić information content (AvgIpc) is 2.78. The summed E-state index contributed by atoms with van der Waals surface area (Å²) in [6.45, 7) is 4.80. The van der Waals surface area contributed by atoms with Crippen molar-refractivity contribution in [1.29, 1.82) is 0 Å². The number of hydrogen-bond donors (Lipinski definition) is 4. The molecular formula is C23H30FNO7. The zero-order valence-corrected chi connectivity index (χ0v) is 18.0. The predicted molar refractivity (Wildman–Crippen MR) is 116 cm³/mol. The van der Waals surface area contributed by atoms with Gasteiger partial charge in [0.25, 0.3) is 0 Å². The van der Waals surface area contributed by atoms with Crippen LogP contribution in [0.15, 0.2) is 48.5 Å². The Balaban J connectivity index is 0.000000751. The molecule has 2 aromatic carbocycles. The molecule has 1 unspecified atom stereocenters. The van der Waals surface area contributed by atoms with E-state index in [0.29, 0.717) is 19.6 Å². The maximum atomic E-state index is 12.9. The van der Waals surface area contributed by atoms with Gasteiger partial charge in [-0.05, 0) is 55.6 Å². The highest BCUT2D eigenvalue weighted by molar-refractivity contribution is 6.27. The first-order chi connectivity index (χ1) is 15.3. The van der Waals surface area contributed by atoms with Crippen molar-refractivity contribution in [2.45, 2.75) is 32.3 Å². The number of carbonyl (C=O) groups is 2. The number of aliphatic hydroxyl groups excluding tert-OH is 1. The van der Waals surface area contributed by atoms with Crippen LogP contribution in [0.4, 0.5) is 4.39 Å². The molecule has 8 nitrogen and oxygen atoms in total. The fourth-order valence-corrected chi connectivity index (χ4v) is 2.53. The molecule has 0 aliphatic rings. The molecule has 0 aliphatic heterocycles. The van der Waals surface area contributed by atoms with E-state index in [4.69, 9.17) is 29.3 Å². The van der Waals surface area contributed by atoms with E-state index in [9.17, 15) is 9.50 Å². The van der Waals surface area contributed by atoms with Gasteiger partial charge in [-0.25, -0.2) is 14.0 Å². The maximum Gasteiger partial charge on any atom is 0.414 e. The quantitative estimate of drug-likeness (QED) is 0.286. The third-order valence-electron chi connectivity index (χ3n) is 4.12. The lowest BCUT2D eigenvalue weighted by Gasteiger charge is -2.13. The lowest BCUT2D eigenvalue weighted by atomic mass is 10.1. The van der Waals surface area contributed by atoms with E-state index < -0.39 is 18.0 Å². The molecule has 9 heteroatoms. The van der Waals surface area contributed by atoms with Gasteiger partial charge in [-0.3, -0.25) is 0 Å². The van der Waals surface area contributed by atoms with Crippen LogP contribution in [-0.4, -0.2) is 53.6 Å². The number of halogens is 1. The minimum atomic E-state index is -1.82. The summed E-state index contributed by atoms with van der Waals surface area (Å²) < 4.78 is 24.3. The van der Waals surface area contributed by atoms with Gasteiger partial charge in [0.05, 0.1) is 12.7 Å². The molecule has 1 atom stereocenters. The molecule has 0 fully saturated rings. The maximum absolute atomic E-state index is 12.9. The van der Waals surface area contributed by atoms with Crippen LogP contribution in [0.25, 0.3) is 0 Å². The summed E-state index contributed by atoms with van der Waals surface area (Å²) in [7, 11) is 0. The van der Waals surface area contributed by atoms with E-state index in [2.05, 4.69) is 12.2 Å². The van der Waals surface area contributed by atoms with Crippen molar-refractivity contribution in [3.63, 3.8) is 0 Å². The van der Waals surface area contributed by atoms with Gasteiger partial charge in [0.2, 0.25) is 0 Å². The Bertz CT molecular complexity index is 802. The molecule has 0 radical (unpaired) electrons. The summed E-state index contributed by atoms with van der Waals surface area (Å²) in [5.41, 5.74) is 0.749. The fourth-order valence-electron chi connectivity index (χ4n) is 2.53. The Morgan fingerprint density at radius 3 is 2.03 bits per heavy atom. The van der Waals surface area contributed by atoms with Crippen molar-refractivity contribution in [2.24, 2.45) is 0 Å². The number of rotatable bonds is 12. The lowest BCUT2D eigenvalue weighted by Crippen LogP contribution is -2.22. The van der Waals surface area contributed by atoms with Crippen LogP contribution in [0.5, 0.6) is 11.5 Å². The van der Waals surface area contributed by atoms with Crippen LogP contribution >= 0.6 is 0 Å². The zero-order chi connectivity index (χ0) is 23.8. The molecule has 2 aromatic rings. The van der Waals surface area contributed by atoms with E-state index in [0.717, 1.165) is 43.0 Å². The predicted octanol–water partition coefficient (Wildman–Crippen LogP) is 3.25. The van der Waals surface area contributed by atoms with Crippen molar-refractivity contribution in [2.75, 3.05) is 26.3 Å². The van der Waals surface area contributed by atoms with Crippen molar-refractivity contribution >= 4 is 11.9 Å². The number of carboxylic acid groups (broad SMARTS) is 2. The molecule has 0 heterocycles. The number of hydrogen-bond acceptors (Lipinski definition) is 6. The zero-order valence-electron chi connectivity index (χ0n) is 18.0. The SMILES string of the molecule is CCCOc1ccccc1OCCNCCCC(O)c1ccc(F)cc1.O=C(O)C(=O)O. The second kappa shape index (κ2) is 15.6. The van der Waals surface area contributed by atoms with E-state index in [1.165, 1.54) is 12.1 Å². The minimum absolute atomic E-state index is 0.288. The molecule has 4 N–H and O–H groups in total. The van der Waals surface area contributed by atoms with Gasteiger partial charge < -0.3 is 30.1 Å². The molecule has 176 valence electrons. The normalized spacial score (nSPS) is 11.1. The summed E-state index contributed by atoms with van der Waals surface area (Å²) in [6.07, 6.45) is 1.86. The molecule has 0 aliphatic carbocycles. The van der Waals surface area contributed by atoms with Gasteiger partial charge >= 0.3 is 11.9 Å². The summed E-state index contributed by atoms with van der Waals surface area (Å²) in [5.74, 6) is -2.40. The van der Waals surface area contributed by atoms with Crippen molar-refractivity contribution < 1.29 is 38.8 Å². The van der Waals surface area contributed by atoms with Crippen molar-refractivity contribution in [3.8, 4) is 11.5 Å². The highest BCUT2D eigenvalue weighted by atomic mass is 19.1. The number of aliphatic carboxylic acids is 2. The smallest absolute Gasteiger partial charge is 0.414 e. The van der Waals surface area contributed by atoms with Gasteiger partial charge in [0, 0.05) is 6.54 Å². The molecule has 0 aromatic heterocycles. The van der Waals surface area contributed by atoms with Gasteiger partial charge in [-0.1, -0.05) is 31.2 Å². The number of benzene rings is 2. The number of carboxylic acids is 2. The first-order valence-corrected chi connectivity index (χ1v) is 10.3. The third-order valence-corrected chi connectivity index (χ3v) is 4.12.